The molecular weight excluding hydrogens is 305 g/mol. The molecule has 0 spiro atoms. The fourth-order valence-electron chi connectivity index (χ4n) is 2.94. The third-order valence-electron chi connectivity index (χ3n) is 4.67. The summed E-state index contributed by atoms with van der Waals surface area (Å²) >= 11 is 0. The average Bonchev–Trinajstić information content (AvgIpc) is 2.63. The minimum absolute atomic E-state index is 0.192. The van der Waals surface area contributed by atoms with Gasteiger partial charge in [0.15, 0.2) is 5.96 Å². The van der Waals surface area contributed by atoms with Crippen LogP contribution >= 0.6 is 0 Å². The SMILES string of the molecule is CCN1CCN(C(C)CNC(=NC)NCc2ccccc2F)CC1. The van der Waals surface area contributed by atoms with Crippen LogP contribution in [0.1, 0.15) is 19.4 Å². The van der Waals surface area contributed by atoms with Gasteiger partial charge in [0, 0.05) is 57.9 Å². The molecule has 1 saturated heterocycles. The van der Waals surface area contributed by atoms with Crippen molar-refractivity contribution in [2.24, 2.45) is 4.99 Å². The van der Waals surface area contributed by atoms with E-state index in [1.807, 2.05) is 6.07 Å². The van der Waals surface area contributed by atoms with Crippen molar-refractivity contribution in [1.82, 2.24) is 20.4 Å². The summed E-state index contributed by atoms with van der Waals surface area (Å²) in [6, 6.07) is 7.24. The molecule has 1 aromatic carbocycles. The Balaban J connectivity index is 1.74. The molecule has 5 nitrogen and oxygen atoms in total. The number of rotatable bonds is 6. The molecule has 1 aliphatic heterocycles. The zero-order valence-electron chi connectivity index (χ0n) is 15.1. The van der Waals surface area contributed by atoms with E-state index in [2.05, 4.69) is 39.3 Å². The molecule has 24 heavy (non-hydrogen) atoms. The molecule has 1 atom stereocenters. The number of piperazine rings is 1. The van der Waals surface area contributed by atoms with Gasteiger partial charge < -0.3 is 15.5 Å². The predicted octanol–water partition coefficient (Wildman–Crippen LogP) is 1.52. The molecule has 0 amide bonds. The monoisotopic (exact) mass is 335 g/mol. The predicted molar refractivity (Wildman–Crippen MR) is 97.8 cm³/mol. The second kappa shape index (κ2) is 9.59. The van der Waals surface area contributed by atoms with Crippen LogP contribution < -0.4 is 10.6 Å². The summed E-state index contributed by atoms with van der Waals surface area (Å²) in [5.74, 6) is 0.514. The first-order valence-electron chi connectivity index (χ1n) is 8.78. The van der Waals surface area contributed by atoms with Gasteiger partial charge in [-0.15, -0.1) is 0 Å². The van der Waals surface area contributed by atoms with E-state index in [0.717, 1.165) is 39.3 Å². The number of nitrogens with one attached hydrogen (secondary N) is 2. The smallest absolute Gasteiger partial charge is 0.191 e. The minimum atomic E-state index is -0.192. The zero-order valence-corrected chi connectivity index (χ0v) is 15.1. The third kappa shape index (κ3) is 5.46. The van der Waals surface area contributed by atoms with Crippen LogP contribution in [-0.4, -0.2) is 68.1 Å². The molecule has 0 aromatic heterocycles. The normalized spacial score (nSPS) is 18.4. The number of halogens is 1. The standard InChI is InChI=1S/C18H30FN5/c1-4-23-9-11-24(12-10-23)15(2)13-21-18(20-3)22-14-16-7-5-6-8-17(16)19/h5-8,15H,4,9-14H2,1-3H3,(H2,20,21,22). The molecule has 0 aliphatic carbocycles. The molecule has 0 bridgehead atoms. The van der Waals surface area contributed by atoms with Gasteiger partial charge in [0.2, 0.25) is 0 Å². The molecule has 1 aromatic rings. The molecule has 2 rings (SSSR count). The van der Waals surface area contributed by atoms with Gasteiger partial charge in [-0.3, -0.25) is 9.89 Å². The molecule has 1 unspecified atom stereocenters. The second-order valence-electron chi connectivity index (χ2n) is 6.22. The summed E-state index contributed by atoms with van der Waals surface area (Å²) in [5, 5.41) is 6.52. The highest BCUT2D eigenvalue weighted by Crippen LogP contribution is 2.06. The van der Waals surface area contributed by atoms with Crippen LogP contribution in [0.5, 0.6) is 0 Å². The van der Waals surface area contributed by atoms with E-state index in [0.29, 0.717) is 24.1 Å². The van der Waals surface area contributed by atoms with Crippen LogP contribution in [0.3, 0.4) is 0 Å². The molecule has 134 valence electrons. The largest absolute Gasteiger partial charge is 0.355 e. The summed E-state index contributed by atoms with van der Waals surface area (Å²) < 4.78 is 13.7. The average molecular weight is 335 g/mol. The first-order chi connectivity index (χ1) is 11.6. The lowest BCUT2D eigenvalue weighted by molar-refractivity contribution is 0.107. The van der Waals surface area contributed by atoms with E-state index in [1.54, 1.807) is 19.2 Å². The lowest BCUT2D eigenvalue weighted by Gasteiger charge is -2.37. The second-order valence-corrected chi connectivity index (χ2v) is 6.22. The highest BCUT2D eigenvalue weighted by atomic mass is 19.1. The van der Waals surface area contributed by atoms with Crippen molar-refractivity contribution in [3.63, 3.8) is 0 Å². The first-order valence-corrected chi connectivity index (χ1v) is 8.78. The summed E-state index contributed by atoms with van der Waals surface area (Å²) in [6.45, 7) is 11.3. The Hall–Kier alpha value is -1.66. The molecule has 6 heteroatoms. The summed E-state index contributed by atoms with van der Waals surface area (Å²) in [7, 11) is 1.74. The lowest BCUT2D eigenvalue weighted by atomic mass is 10.2. The quantitative estimate of drug-likeness (QED) is 0.611. The van der Waals surface area contributed by atoms with Crippen LogP contribution in [0.25, 0.3) is 0 Å². The van der Waals surface area contributed by atoms with Crippen molar-refractivity contribution in [3.05, 3.63) is 35.6 Å². The van der Waals surface area contributed by atoms with Crippen LogP contribution in [0, 0.1) is 5.82 Å². The summed E-state index contributed by atoms with van der Waals surface area (Å²) in [4.78, 5) is 9.20. The Bertz CT molecular complexity index is 526. The molecule has 1 fully saturated rings. The summed E-state index contributed by atoms with van der Waals surface area (Å²) in [6.07, 6.45) is 0. The molecule has 1 heterocycles. The highest BCUT2D eigenvalue weighted by molar-refractivity contribution is 5.79. The lowest BCUT2D eigenvalue weighted by Crippen LogP contribution is -2.53. The van der Waals surface area contributed by atoms with Crippen molar-refractivity contribution in [2.75, 3.05) is 46.3 Å². The van der Waals surface area contributed by atoms with E-state index >= 15 is 0 Å². The number of benzene rings is 1. The van der Waals surface area contributed by atoms with Crippen molar-refractivity contribution in [3.8, 4) is 0 Å². The number of hydrogen-bond donors (Lipinski definition) is 2. The zero-order chi connectivity index (χ0) is 17.4. The molecule has 1 aliphatic rings. The maximum absolute atomic E-state index is 13.7. The van der Waals surface area contributed by atoms with Gasteiger partial charge in [-0.1, -0.05) is 25.1 Å². The molecule has 0 saturated carbocycles. The number of guanidine groups is 1. The minimum Gasteiger partial charge on any atom is -0.355 e. The van der Waals surface area contributed by atoms with Gasteiger partial charge >= 0.3 is 0 Å². The Morgan fingerprint density at radius 2 is 1.92 bits per heavy atom. The molecule has 0 radical (unpaired) electrons. The third-order valence-corrected chi connectivity index (χ3v) is 4.67. The van der Waals surface area contributed by atoms with Gasteiger partial charge in [-0.25, -0.2) is 4.39 Å². The van der Waals surface area contributed by atoms with Gasteiger partial charge in [-0.2, -0.15) is 0 Å². The van der Waals surface area contributed by atoms with Crippen LogP contribution in [0.15, 0.2) is 29.3 Å². The number of likely N-dealkylation sites (N-methyl/N-ethyl adjacent to an activating group) is 1. The highest BCUT2D eigenvalue weighted by Gasteiger charge is 2.20. The van der Waals surface area contributed by atoms with Crippen molar-refractivity contribution < 1.29 is 4.39 Å². The van der Waals surface area contributed by atoms with E-state index in [9.17, 15) is 4.39 Å². The molecule has 2 N–H and O–H groups in total. The van der Waals surface area contributed by atoms with Gasteiger partial charge in [0.1, 0.15) is 5.82 Å². The van der Waals surface area contributed by atoms with Crippen LogP contribution in [-0.2, 0) is 6.54 Å². The van der Waals surface area contributed by atoms with E-state index in [-0.39, 0.29) is 5.82 Å². The Morgan fingerprint density at radius 3 is 2.54 bits per heavy atom. The van der Waals surface area contributed by atoms with Crippen LogP contribution in [0.2, 0.25) is 0 Å². The molecular formula is C18H30FN5. The van der Waals surface area contributed by atoms with E-state index in [4.69, 9.17) is 0 Å². The Morgan fingerprint density at radius 1 is 1.21 bits per heavy atom. The van der Waals surface area contributed by atoms with Gasteiger partial charge in [0.05, 0.1) is 0 Å². The summed E-state index contributed by atoms with van der Waals surface area (Å²) in [5.41, 5.74) is 0.643. The maximum atomic E-state index is 13.7. The van der Waals surface area contributed by atoms with Crippen LogP contribution in [0.4, 0.5) is 4.39 Å². The topological polar surface area (TPSA) is 42.9 Å². The van der Waals surface area contributed by atoms with Gasteiger partial charge in [-0.05, 0) is 19.5 Å². The van der Waals surface area contributed by atoms with Crippen molar-refractivity contribution in [2.45, 2.75) is 26.4 Å². The van der Waals surface area contributed by atoms with Crippen molar-refractivity contribution >= 4 is 5.96 Å². The first kappa shape index (κ1) is 18.7. The number of hydrogen-bond acceptors (Lipinski definition) is 3. The maximum Gasteiger partial charge on any atom is 0.191 e. The Kier molecular flexibility index (Phi) is 7.46. The Labute approximate surface area is 144 Å². The number of nitrogens with zero attached hydrogens (tertiary/aromatic N) is 3. The fraction of sp³-hybridized carbons (Fsp3) is 0.611. The van der Waals surface area contributed by atoms with Gasteiger partial charge in [0.25, 0.3) is 0 Å². The number of aliphatic imine (C=N–C) groups is 1. The van der Waals surface area contributed by atoms with E-state index < -0.39 is 0 Å². The van der Waals surface area contributed by atoms with E-state index in [1.165, 1.54) is 6.07 Å². The van der Waals surface area contributed by atoms with Crippen molar-refractivity contribution in [1.29, 1.82) is 0 Å². The fourth-order valence-corrected chi connectivity index (χ4v) is 2.94.